The van der Waals surface area contributed by atoms with Crippen molar-refractivity contribution >= 4 is 22.5 Å². The van der Waals surface area contributed by atoms with Gasteiger partial charge in [0.2, 0.25) is 0 Å². The topological polar surface area (TPSA) is 146 Å². The summed E-state index contributed by atoms with van der Waals surface area (Å²) in [5.74, 6) is -1.65. The third-order valence-corrected chi connectivity index (χ3v) is 5.78. The number of aliphatic hydroxyl groups excluding tert-OH is 3. The molecule has 0 aliphatic heterocycles. The molecule has 1 aliphatic rings. The third-order valence-electron chi connectivity index (χ3n) is 5.78. The van der Waals surface area contributed by atoms with Crippen LogP contribution in [0.1, 0.15) is 38.8 Å². The molecule has 0 bridgehead atoms. The normalized spacial score (nSPS) is 16.6. The van der Waals surface area contributed by atoms with Gasteiger partial charge in [-0.1, -0.05) is 30.3 Å². The first-order valence-electron chi connectivity index (χ1n) is 10.3. The Hall–Kier alpha value is -3.37. The van der Waals surface area contributed by atoms with Crippen LogP contribution in [0.5, 0.6) is 11.5 Å². The molecule has 4 rings (SSSR count). The van der Waals surface area contributed by atoms with Crippen LogP contribution < -0.4 is 4.74 Å². The van der Waals surface area contributed by atoms with E-state index in [1.54, 1.807) is 30.3 Å². The molecule has 0 spiro atoms. The first kappa shape index (κ1) is 22.8. The van der Waals surface area contributed by atoms with Gasteiger partial charge >= 0.3 is 0 Å². The van der Waals surface area contributed by atoms with Crippen molar-refractivity contribution < 1.29 is 39.5 Å². The highest BCUT2D eigenvalue weighted by atomic mass is 16.5. The Kier molecular flexibility index (Phi) is 6.13. The molecule has 1 aliphatic carbocycles. The lowest BCUT2D eigenvalue weighted by Gasteiger charge is -2.28. The molecular formula is C24H23NO8. The minimum absolute atomic E-state index is 0.0412. The minimum Gasteiger partial charge on any atom is -0.504 e. The van der Waals surface area contributed by atoms with Gasteiger partial charge in [-0.2, -0.15) is 0 Å². The van der Waals surface area contributed by atoms with Crippen LogP contribution in [0.2, 0.25) is 0 Å². The number of carbonyl (C=O) groups is 2. The van der Waals surface area contributed by atoms with Gasteiger partial charge in [0.25, 0.3) is 0 Å². The van der Waals surface area contributed by atoms with E-state index in [0.29, 0.717) is 5.39 Å². The summed E-state index contributed by atoms with van der Waals surface area (Å²) in [6.45, 7) is 0.965. The van der Waals surface area contributed by atoms with Crippen LogP contribution in [0.15, 0.2) is 42.6 Å². The summed E-state index contributed by atoms with van der Waals surface area (Å²) in [5.41, 5.74) is 0.412. The van der Waals surface area contributed by atoms with E-state index in [1.165, 1.54) is 26.3 Å². The highest BCUT2D eigenvalue weighted by Crippen LogP contribution is 2.44. The fourth-order valence-electron chi connectivity index (χ4n) is 3.99. The zero-order chi connectivity index (χ0) is 23.9. The average Bonchev–Trinajstić information content (AvgIpc) is 2.82. The second kappa shape index (κ2) is 8.87. The number of methoxy groups -OCH3 is 1. The number of phenols is 1. The molecule has 0 radical (unpaired) electrons. The Morgan fingerprint density at radius 2 is 1.58 bits per heavy atom. The Labute approximate surface area is 188 Å². The molecule has 0 saturated heterocycles. The predicted molar refractivity (Wildman–Crippen MR) is 117 cm³/mol. The van der Waals surface area contributed by atoms with Crippen LogP contribution in [0.4, 0.5) is 0 Å². The Balaban J connectivity index is 1.81. The summed E-state index contributed by atoms with van der Waals surface area (Å²) in [6.07, 6.45) is -3.85. The number of pyridine rings is 1. The number of phenolic OH excluding ortho intramolecular Hbond substituents is 1. The van der Waals surface area contributed by atoms with Gasteiger partial charge in [-0.05, 0) is 13.0 Å². The van der Waals surface area contributed by atoms with Gasteiger partial charge < -0.3 is 29.9 Å². The van der Waals surface area contributed by atoms with Crippen molar-refractivity contribution in [2.24, 2.45) is 0 Å². The highest BCUT2D eigenvalue weighted by molar-refractivity contribution is 6.33. The number of nitrogens with zero attached hydrogens (tertiary/aromatic N) is 1. The molecule has 172 valence electrons. The van der Waals surface area contributed by atoms with E-state index >= 15 is 0 Å². The number of aromatic hydroxyl groups is 1. The minimum atomic E-state index is -1.50. The Morgan fingerprint density at radius 1 is 0.939 bits per heavy atom. The summed E-state index contributed by atoms with van der Waals surface area (Å²) in [7, 11) is 1.29. The molecule has 9 nitrogen and oxygen atoms in total. The van der Waals surface area contributed by atoms with Gasteiger partial charge in [0.1, 0.15) is 30.4 Å². The quantitative estimate of drug-likeness (QED) is 0.324. The van der Waals surface area contributed by atoms with E-state index in [4.69, 9.17) is 9.47 Å². The standard InChI is InChI=1S/C24H23NO8/c1-11(26)19(27)22(30)15(32-2)10-33-24-18-14(8-5-9-25-18)16-17(23(24)31)21(29)13-7-4-3-6-12(13)20(16)28/h3-9,11,15,19,22,26-27,30-31H,10H2,1-2H3. The van der Waals surface area contributed by atoms with E-state index < -0.39 is 41.7 Å². The van der Waals surface area contributed by atoms with Crippen molar-refractivity contribution in [1.82, 2.24) is 4.98 Å². The van der Waals surface area contributed by atoms with Crippen molar-refractivity contribution in [3.8, 4) is 11.5 Å². The van der Waals surface area contributed by atoms with Crippen LogP contribution in [0.25, 0.3) is 10.9 Å². The van der Waals surface area contributed by atoms with Crippen LogP contribution in [-0.4, -0.2) is 75.1 Å². The summed E-state index contributed by atoms with van der Waals surface area (Å²) >= 11 is 0. The Bertz CT molecular complexity index is 1240. The molecular weight excluding hydrogens is 430 g/mol. The Morgan fingerprint density at radius 3 is 2.18 bits per heavy atom. The zero-order valence-electron chi connectivity index (χ0n) is 17.9. The van der Waals surface area contributed by atoms with Crippen molar-refractivity contribution in [1.29, 1.82) is 0 Å². The highest BCUT2D eigenvalue weighted by Gasteiger charge is 2.37. The van der Waals surface area contributed by atoms with Gasteiger partial charge in [-0.25, -0.2) is 0 Å². The number of ketones is 2. The third kappa shape index (κ3) is 3.75. The fourth-order valence-corrected chi connectivity index (χ4v) is 3.99. The van der Waals surface area contributed by atoms with E-state index in [9.17, 15) is 30.0 Å². The first-order valence-corrected chi connectivity index (χ1v) is 10.3. The maximum absolute atomic E-state index is 13.2. The largest absolute Gasteiger partial charge is 0.504 e. The second-order valence-electron chi connectivity index (χ2n) is 7.84. The molecule has 0 saturated carbocycles. The SMILES string of the molecule is COC(COc1c(O)c2c(c3cccnc13)C(=O)c1ccccc1C2=O)C(O)C(O)C(C)O. The van der Waals surface area contributed by atoms with Crippen molar-refractivity contribution in [2.45, 2.75) is 31.3 Å². The molecule has 1 heterocycles. The molecule has 33 heavy (non-hydrogen) atoms. The van der Waals surface area contributed by atoms with Crippen LogP contribution in [0, 0.1) is 0 Å². The maximum atomic E-state index is 13.2. The van der Waals surface area contributed by atoms with Crippen LogP contribution in [0.3, 0.4) is 0 Å². The van der Waals surface area contributed by atoms with Crippen LogP contribution in [-0.2, 0) is 4.74 Å². The van der Waals surface area contributed by atoms with Crippen molar-refractivity contribution in [3.63, 3.8) is 0 Å². The van der Waals surface area contributed by atoms with Crippen LogP contribution >= 0.6 is 0 Å². The molecule has 2 aromatic carbocycles. The van der Waals surface area contributed by atoms with Gasteiger partial charge in [0.15, 0.2) is 23.1 Å². The van der Waals surface area contributed by atoms with E-state index in [1.807, 2.05) is 0 Å². The molecule has 4 atom stereocenters. The van der Waals surface area contributed by atoms with Gasteiger partial charge in [-0.15, -0.1) is 0 Å². The average molecular weight is 453 g/mol. The number of hydrogen-bond acceptors (Lipinski definition) is 9. The lowest BCUT2D eigenvalue weighted by molar-refractivity contribution is -0.119. The lowest BCUT2D eigenvalue weighted by atomic mass is 9.81. The second-order valence-corrected chi connectivity index (χ2v) is 7.84. The molecule has 3 aromatic rings. The smallest absolute Gasteiger partial charge is 0.198 e. The van der Waals surface area contributed by atoms with E-state index in [0.717, 1.165) is 0 Å². The summed E-state index contributed by atoms with van der Waals surface area (Å²) in [4.78, 5) is 30.7. The number of rotatable bonds is 7. The molecule has 4 N–H and O–H groups in total. The number of fused-ring (bicyclic) bond motifs is 4. The molecule has 1 aromatic heterocycles. The predicted octanol–water partition coefficient (Wildman–Crippen LogP) is 1.21. The maximum Gasteiger partial charge on any atom is 0.198 e. The number of benzene rings is 2. The monoisotopic (exact) mass is 453 g/mol. The van der Waals surface area contributed by atoms with E-state index in [-0.39, 0.29) is 40.1 Å². The number of aromatic nitrogens is 1. The van der Waals surface area contributed by atoms with E-state index in [2.05, 4.69) is 4.98 Å². The van der Waals surface area contributed by atoms with Crippen molar-refractivity contribution in [3.05, 3.63) is 64.8 Å². The summed E-state index contributed by atoms with van der Waals surface area (Å²) < 4.78 is 10.9. The molecule has 0 fully saturated rings. The van der Waals surface area contributed by atoms with Crippen molar-refractivity contribution in [2.75, 3.05) is 13.7 Å². The van der Waals surface area contributed by atoms with Gasteiger partial charge in [0.05, 0.1) is 11.7 Å². The molecule has 9 heteroatoms. The number of ether oxygens (including phenoxy) is 2. The fraction of sp³-hybridized carbons (Fsp3) is 0.292. The number of carbonyl (C=O) groups excluding carboxylic acids is 2. The first-order chi connectivity index (χ1) is 15.8. The summed E-state index contributed by atoms with van der Waals surface area (Å²) in [6, 6.07) is 9.56. The summed E-state index contributed by atoms with van der Waals surface area (Å²) in [5, 5.41) is 41.2. The van der Waals surface area contributed by atoms with Gasteiger partial charge in [-0.3, -0.25) is 14.6 Å². The zero-order valence-corrected chi connectivity index (χ0v) is 17.9. The number of hydrogen-bond donors (Lipinski definition) is 4. The lowest BCUT2D eigenvalue weighted by Crippen LogP contribution is -2.46. The van der Waals surface area contributed by atoms with Gasteiger partial charge in [0, 0.05) is 35.4 Å². The molecule has 4 unspecified atom stereocenters. The molecule has 0 amide bonds. The number of aliphatic hydroxyl groups is 3.